The Morgan fingerprint density at radius 2 is 1.68 bits per heavy atom. The highest BCUT2D eigenvalue weighted by Crippen LogP contribution is 2.27. The molecule has 142 valence electrons. The smallest absolute Gasteiger partial charge is 0.255 e. The quantitative estimate of drug-likeness (QED) is 0.585. The van der Waals surface area contributed by atoms with E-state index in [1.54, 1.807) is 42.1 Å². The van der Waals surface area contributed by atoms with Crippen LogP contribution in [0.2, 0.25) is 0 Å². The molecule has 0 unspecified atom stereocenters. The van der Waals surface area contributed by atoms with Crippen molar-refractivity contribution in [3.63, 3.8) is 0 Å². The summed E-state index contributed by atoms with van der Waals surface area (Å²) >= 11 is 1.76. The van der Waals surface area contributed by atoms with E-state index < -0.39 is 5.91 Å². The molecule has 0 saturated heterocycles. The van der Waals surface area contributed by atoms with Gasteiger partial charge in [0, 0.05) is 27.5 Å². The molecule has 0 heterocycles. The summed E-state index contributed by atoms with van der Waals surface area (Å²) in [4.78, 5) is 24.9. The summed E-state index contributed by atoms with van der Waals surface area (Å²) in [6.45, 7) is 4.20. The number of nitrogens with one attached hydrogen (secondary N) is 1. The molecular weight excluding hydrogens is 368 g/mol. The van der Waals surface area contributed by atoms with Gasteiger partial charge in [-0.05, 0) is 67.4 Å². The lowest BCUT2D eigenvalue weighted by molar-refractivity contribution is 0.0998. The maximum atomic E-state index is 12.5. The Bertz CT molecular complexity index is 1010. The van der Waals surface area contributed by atoms with E-state index in [0.29, 0.717) is 16.8 Å². The van der Waals surface area contributed by atoms with E-state index >= 15 is 0 Å². The number of anilines is 1. The molecule has 3 N–H and O–H groups in total. The first-order chi connectivity index (χ1) is 13.4. The first-order valence-corrected chi connectivity index (χ1v) is 9.91. The number of carbonyl (C=O) groups is 2. The normalized spacial score (nSPS) is 10.5. The van der Waals surface area contributed by atoms with Crippen LogP contribution < -0.4 is 11.1 Å². The van der Waals surface area contributed by atoms with Crippen LogP contribution >= 0.6 is 11.8 Å². The molecule has 0 radical (unpaired) electrons. The molecule has 0 spiro atoms. The Morgan fingerprint density at radius 3 is 2.36 bits per heavy atom. The summed E-state index contributed by atoms with van der Waals surface area (Å²) in [7, 11) is 0. The lowest BCUT2D eigenvalue weighted by Gasteiger charge is -2.09. The number of hydrogen-bond donors (Lipinski definition) is 2. The van der Waals surface area contributed by atoms with Crippen molar-refractivity contribution in [2.45, 2.75) is 24.5 Å². The number of amides is 2. The number of hydrogen-bond acceptors (Lipinski definition) is 3. The van der Waals surface area contributed by atoms with Crippen molar-refractivity contribution in [1.29, 1.82) is 0 Å². The number of thioether (sulfide) groups is 1. The minimum Gasteiger partial charge on any atom is -0.366 e. The summed E-state index contributed by atoms with van der Waals surface area (Å²) in [5.41, 5.74) is 10.4. The van der Waals surface area contributed by atoms with Crippen LogP contribution in [0.25, 0.3) is 0 Å². The zero-order chi connectivity index (χ0) is 20.1. The number of aryl methyl sites for hydroxylation is 2. The molecule has 0 aliphatic carbocycles. The molecule has 0 aliphatic heterocycles. The van der Waals surface area contributed by atoms with Crippen LogP contribution in [0.15, 0.2) is 71.6 Å². The van der Waals surface area contributed by atoms with Gasteiger partial charge in [0.05, 0.1) is 0 Å². The highest BCUT2D eigenvalue weighted by molar-refractivity contribution is 7.98. The molecule has 0 aromatic heterocycles. The van der Waals surface area contributed by atoms with Gasteiger partial charge < -0.3 is 11.1 Å². The van der Waals surface area contributed by atoms with Crippen molar-refractivity contribution >= 4 is 29.3 Å². The van der Waals surface area contributed by atoms with Gasteiger partial charge in [-0.25, -0.2) is 0 Å². The molecule has 0 bridgehead atoms. The van der Waals surface area contributed by atoms with E-state index in [1.165, 1.54) is 16.0 Å². The summed E-state index contributed by atoms with van der Waals surface area (Å²) in [6, 6.07) is 20.6. The number of carbonyl (C=O) groups excluding carboxylic acids is 2. The van der Waals surface area contributed by atoms with Crippen LogP contribution in [-0.2, 0) is 5.75 Å². The molecule has 0 saturated carbocycles. The second-order valence-corrected chi connectivity index (χ2v) is 7.67. The number of nitrogens with two attached hydrogens (primary N) is 1. The van der Waals surface area contributed by atoms with E-state index in [-0.39, 0.29) is 5.91 Å². The van der Waals surface area contributed by atoms with Gasteiger partial charge in [-0.2, -0.15) is 0 Å². The van der Waals surface area contributed by atoms with E-state index in [9.17, 15) is 9.59 Å². The van der Waals surface area contributed by atoms with Gasteiger partial charge >= 0.3 is 0 Å². The van der Waals surface area contributed by atoms with E-state index in [2.05, 4.69) is 37.4 Å². The van der Waals surface area contributed by atoms with Gasteiger partial charge in [-0.3, -0.25) is 9.59 Å². The van der Waals surface area contributed by atoms with Crippen molar-refractivity contribution in [3.05, 3.63) is 94.5 Å². The highest BCUT2D eigenvalue weighted by Gasteiger charge is 2.08. The van der Waals surface area contributed by atoms with E-state index in [4.69, 9.17) is 5.73 Å². The second-order valence-electron chi connectivity index (χ2n) is 6.65. The van der Waals surface area contributed by atoms with Crippen molar-refractivity contribution in [1.82, 2.24) is 0 Å². The van der Waals surface area contributed by atoms with Crippen LogP contribution in [0.5, 0.6) is 0 Å². The van der Waals surface area contributed by atoms with Gasteiger partial charge in [-0.15, -0.1) is 11.8 Å². The molecule has 3 aromatic carbocycles. The molecule has 28 heavy (non-hydrogen) atoms. The Balaban J connectivity index is 1.66. The minimum absolute atomic E-state index is 0.190. The number of primary amides is 1. The SMILES string of the molecule is Cc1ccc(SCc2cccc(C(=O)Nc3ccc(C(N)=O)cc3)c2)c(C)c1. The molecule has 0 aliphatic rings. The van der Waals surface area contributed by atoms with Crippen molar-refractivity contribution in [2.24, 2.45) is 5.73 Å². The Morgan fingerprint density at radius 1 is 0.929 bits per heavy atom. The fourth-order valence-electron chi connectivity index (χ4n) is 2.85. The predicted octanol–water partition coefficient (Wildman–Crippen LogP) is 4.95. The van der Waals surface area contributed by atoms with Crippen molar-refractivity contribution < 1.29 is 9.59 Å². The predicted molar refractivity (Wildman–Crippen MR) is 115 cm³/mol. The van der Waals surface area contributed by atoms with Crippen LogP contribution in [0.3, 0.4) is 0 Å². The molecular formula is C23H22N2O2S. The number of rotatable bonds is 6. The summed E-state index contributed by atoms with van der Waals surface area (Å²) in [5.74, 6) is 0.107. The second kappa shape index (κ2) is 8.76. The van der Waals surface area contributed by atoms with E-state index in [1.807, 2.05) is 18.2 Å². The van der Waals surface area contributed by atoms with E-state index in [0.717, 1.165) is 11.3 Å². The lowest BCUT2D eigenvalue weighted by Crippen LogP contribution is -2.13. The molecule has 0 atom stereocenters. The first-order valence-electron chi connectivity index (χ1n) is 8.92. The molecule has 4 nitrogen and oxygen atoms in total. The van der Waals surface area contributed by atoms with Crippen LogP contribution in [0, 0.1) is 13.8 Å². The third-order valence-electron chi connectivity index (χ3n) is 4.34. The molecule has 0 fully saturated rings. The van der Waals surface area contributed by atoms with Crippen LogP contribution in [-0.4, -0.2) is 11.8 Å². The maximum absolute atomic E-state index is 12.5. The molecule has 2 amide bonds. The standard InChI is InChI=1S/C23H22N2O2S/c1-15-6-11-21(16(2)12-15)28-14-17-4-3-5-19(13-17)23(27)25-20-9-7-18(8-10-20)22(24)26/h3-13H,14H2,1-2H3,(H2,24,26)(H,25,27). The zero-order valence-electron chi connectivity index (χ0n) is 15.9. The minimum atomic E-state index is -0.494. The maximum Gasteiger partial charge on any atom is 0.255 e. The topological polar surface area (TPSA) is 72.2 Å². The third-order valence-corrected chi connectivity index (χ3v) is 5.59. The van der Waals surface area contributed by atoms with Crippen LogP contribution in [0.1, 0.15) is 37.4 Å². The third kappa shape index (κ3) is 5.02. The summed E-state index contributed by atoms with van der Waals surface area (Å²) in [5, 5.41) is 2.84. The van der Waals surface area contributed by atoms with Crippen LogP contribution in [0.4, 0.5) is 5.69 Å². The first kappa shape index (κ1) is 19.7. The monoisotopic (exact) mass is 390 g/mol. The van der Waals surface area contributed by atoms with Gasteiger partial charge in [0.1, 0.15) is 0 Å². The van der Waals surface area contributed by atoms with Gasteiger partial charge in [0.2, 0.25) is 5.91 Å². The lowest BCUT2D eigenvalue weighted by atomic mass is 10.1. The summed E-state index contributed by atoms with van der Waals surface area (Å²) in [6.07, 6.45) is 0. The fourth-order valence-corrected chi connectivity index (χ4v) is 3.80. The van der Waals surface area contributed by atoms with Gasteiger partial charge in [0.25, 0.3) is 5.91 Å². The molecule has 5 heteroatoms. The average molecular weight is 391 g/mol. The van der Waals surface area contributed by atoms with Crippen molar-refractivity contribution in [3.8, 4) is 0 Å². The van der Waals surface area contributed by atoms with Gasteiger partial charge in [-0.1, -0.05) is 29.8 Å². The highest BCUT2D eigenvalue weighted by atomic mass is 32.2. The van der Waals surface area contributed by atoms with Gasteiger partial charge in [0.15, 0.2) is 0 Å². The zero-order valence-corrected chi connectivity index (χ0v) is 16.7. The molecule has 3 aromatic rings. The Kier molecular flexibility index (Phi) is 6.16. The largest absolute Gasteiger partial charge is 0.366 e. The summed E-state index contributed by atoms with van der Waals surface area (Å²) < 4.78 is 0. The average Bonchev–Trinajstić information content (AvgIpc) is 2.68. The number of benzene rings is 3. The van der Waals surface area contributed by atoms with Crippen molar-refractivity contribution in [2.75, 3.05) is 5.32 Å². The Labute approximate surface area is 169 Å². The Hall–Kier alpha value is -3.05. The molecule has 3 rings (SSSR count). The fraction of sp³-hybridized carbons (Fsp3) is 0.130.